The van der Waals surface area contributed by atoms with Crippen molar-refractivity contribution in [3.63, 3.8) is 0 Å². The van der Waals surface area contributed by atoms with E-state index in [0.717, 1.165) is 18.4 Å². The normalized spacial score (nSPS) is 11.6. The van der Waals surface area contributed by atoms with Crippen molar-refractivity contribution in [3.05, 3.63) is 30.1 Å². The van der Waals surface area contributed by atoms with Gasteiger partial charge in [-0.3, -0.25) is 9.78 Å². The summed E-state index contributed by atoms with van der Waals surface area (Å²) in [4.78, 5) is 15.7. The van der Waals surface area contributed by atoms with Gasteiger partial charge in [0.15, 0.2) is 0 Å². The Hall–Kier alpha value is -1.47. The second kappa shape index (κ2) is 8.74. The van der Waals surface area contributed by atoms with Gasteiger partial charge in [0.05, 0.1) is 5.75 Å². The standard InChI is InChI=1S/C14H23N3O3S/c1-3-13(4-2)14(18)16-8-9-21(19,20)17-11-12-6-5-7-15-10-12/h5-7,10,13,17H,3-4,8-9,11H2,1-2H3,(H,16,18). The van der Waals surface area contributed by atoms with E-state index in [9.17, 15) is 13.2 Å². The fourth-order valence-electron chi connectivity index (χ4n) is 1.88. The zero-order chi connectivity index (χ0) is 15.7. The van der Waals surface area contributed by atoms with E-state index in [0.29, 0.717) is 0 Å². The lowest BCUT2D eigenvalue weighted by Crippen LogP contribution is -2.36. The van der Waals surface area contributed by atoms with Crippen LogP contribution in [0, 0.1) is 5.92 Å². The molecule has 0 spiro atoms. The summed E-state index contributed by atoms with van der Waals surface area (Å²) in [7, 11) is -3.41. The highest BCUT2D eigenvalue weighted by Crippen LogP contribution is 2.06. The molecule has 1 heterocycles. The van der Waals surface area contributed by atoms with E-state index < -0.39 is 10.0 Å². The zero-order valence-corrected chi connectivity index (χ0v) is 13.3. The van der Waals surface area contributed by atoms with Crippen molar-refractivity contribution in [2.24, 2.45) is 5.92 Å². The third-order valence-electron chi connectivity index (χ3n) is 3.25. The van der Waals surface area contributed by atoms with Gasteiger partial charge in [-0.2, -0.15) is 0 Å². The number of carbonyl (C=O) groups excluding carboxylic acids is 1. The number of carbonyl (C=O) groups is 1. The Morgan fingerprint density at radius 3 is 2.62 bits per heavy atom. The molecule has 0 unspecified atom stereocenters. The summed E-state index contributed by atoms with van der Waals surface area (Å²) in [5, 5.41) is 2.67. The van der Waals surface area contributed by atoms with Crippen molar-refractivity contribution in [1.82, 2.24) is 15.0 Å². The quantitative estimate of drug-likeness (QED) is 0.713. The monoisotopic (exact) mass is 313 g/mol. The molecule has 6 nitrogen and oxygen atoms in total. The van der Waals surface area contributed by atoms with Crippen molar-refractivity contribution >= 4 is 15.9 Å². The lowest BCUT2D eigenvalue weighted by Gasteiger charge is -2.13. The molecule has 21 heavy (non-hydrogen) atoms. The van der Waals surface area contributed by atoms with Crippen LogP contribution in [0.25, 0.3) is 0 Å². The Bertz CT molecular complexity index is 528. The van der Waals surface area contributed by atoms with Crippen molar-refractivity contribution in [1.29, 1.82) is 0 Å². The molecule has 1 aromatic heterocycles. The summed E-state index contributed by atoms with van der Waals surface area (Å²) in [6.45, 7) is 4.22. The van der Waals surface area contributed by atoms with Crippen LogP contribution >= 0.6 is 0 Å². The molecule has 0 bridgehead atoms. The fourth-order valence-corrected chi connectivity index (χ4v) is 2.78. The molecule has 1 aromatic rings. The second-order valence-electron chi connectivity index (χ2n) is 4.81. The van der Waals surface area contributed by atoms with Crippen LogP contribution in [0.5, 0.6) is 0 Å². The Kier molecular flexibility index (Phi) is 7.31. The SMILES string of the molecule is CCC(CC)C(=O)NCCS(=O)(=O)NCc1cccnc1. The van der Waals surface area contributed by atoms with Gasteiger partial charge in [-0.15, -0.1) is 0 Å². The number of hydrogen-bond donors (Lipinski definition) is 2. The molecule has 0 fully saturated rings. The smallest absolute Gasteiger partial charge is 0.223 e. The summed E-state index contributed by atoms with van der Waals surface area (Å²) in [5.41, 5.74) is 0.794. The van der Waals surface area contributed by atoms with Gasteiger partial charge in [0.1, 0.15) is 0 Å². The summed E-state index contributed by atoms with van der Waals surface area (Å²) in [5.74, 6) is -0.252. The van der Waals surface area contributed by atoms with Gasteiger partial charge in [-0.1, -0.05) is 19.9 Å². The Morgan fingerprint density at radius 2 is 2.05 bits per heavy atom. The number of sulfonamides is 1. The first-order valence-corrected chi connectivity index (χ1v) is 8.77. The molecular weight excluding hydrogens is 290 g/mol. The number of rotatable bonds is 9. The maximum Gasteiger partial charge on any atom is 0.223 e. The number of nitrogens with zero attached hydrogens (tertiary/aromatic N) is 1. The van der Waals surface area contributed by atoms with E-state index in [1.54, 1.807) is 24.5 Å². The molecule has 118 valence electrons. The first kappa shape index (κ1) is 17.6. The van der Waals surface area contributed by atoms with Crippen LogP contribution in [0.2, 0.25) is 0 Å². The van der Waals surface area contributed by atoms with Crippen LogP contribution in [0.1, 0.15) is 32.3 Å². The number of amides is 1. The number of pyridine rings is 1. The van der Waals surface area contributed by atoms with Crippen molar-refractivity contribution < 1.29 is 13.2 Å². The molecule has 0 saturated carbocycles. The van der Waals surface area contributed by atoms with E-state index in [2.05, 4.69) is 15.0 Å². The summed E-state index contributed by atoms with van der Waals surface area (Å²) in [6, 6.07) is 3.55. The van der Waals surface area contributed by atoms with E-state index in [1.165, 1.54) is 0 Å². The third-order valence-corrected chi connectivity index (χ3v) is 4.57. The number of hydrogen-bond acceptors (Lipinski definition) is 4. The predicted octanol–water partition coefficient (Wildman–Crippen LogP) is 1.05. The molecule has 0 aliphatic rings. The van der Waals surface area contributed by atoms with Gasteiger partial charge in [0.25, 0.3) is 0 Å². The topological polar surface area (TPSA) is 88.2 Å². The molecule has 2 N–H and O–H groups in total. The highest BCUT2D eigenvalue weighted by molar-refractivity contribution is 7.89. The van der Waals surface area contributed by atoms with E-state index in [4.69, 9.17) is 0 Å². The molecule has 0 radical (unpaired) electrons. The van der Waals surface area contributed by atoms with Crippen LogP contribution in [-0.2, 0) is 21.4 Å². The lowest BCUT2D eigenvalue weighted by molar-refractivity contribution is -0.125. The average Bonchev–Trinajstić information content (AvgIpc) is 2.47. The minimum atomic E-state index is -3.41. The molecule has 0 aliphatic heterocycles. The van der Waals surface area contributed by atoms with Gasteiger partial charge >= 0.3 is 0 Å². The number of nitrogens with one attached hydrogen (secondary N) is 2. The molecule has 0 saturated heterocycles. The lowest BCUT2D eigenvalue weighted by atomic mass is 10.0. The van der Waals surface area contributed by atoms with Gasteiger partial charge in [-0.05, 0) is 24.5 Å². The van der Waals surface area contributed by atoms with Gasteiger partial charge in [0.2, 0.25) is 15.9 Å². The maximum absolute atomic E-state index is 11.8. The van der Waals surface area contributed by atoms with Crippen LogP contribution in [0.3, 0.4) is 0 Å². The fraction of sp³-hybridized carbons (Fsp3) is 0.571. The molecule has 0 aliphatic carbocycles. The maximum atomic E-state index is 11.8. The minimum absolute atomic E-state index is 0.0453. The average molecular weight is 313 g/mol. The second-order valence-corrected chi connectivity index (χ2v) is 6.73. The van der Waals surface area contributed by atoms with E-state index in [-0.39, 0.29) is 30.7 Å². The zero-order valence-electron chi connectivity index (χ0n) is 12.5. The Morgan fingerprint density at radius 1 is 1.33 bits per heavy atom. The largest absolute Gasteiger partial charge is 0.355 e. The third kappa shape index (κ3) is 6.68. The van der Waals surface area contributed by atoms with Crippen molar-refractivity contribution in [2.45, 2.75) is 33.2 Å². The highest BCUT2D eigenvalue weighted by Gasteiger charge is 2.15. The van der Waals surface area contributed by atoms with Crippen LogP contribution in [0.15, 0.2) is 24.5 Å². The molecule has 0 atom stereocenters. The van der Waals surface area contributed by atoms with Crippen LogP contribution in [0.4, 0.5) is 0 Å². The first-order valence-electron chi connectivity index (χ1n) is 7.12. The van der Waals surface area contributed by atoms with Gasteiger partial charge < -0.3 is 5.32 Å². The van der Waals surface area contributed by atoms with Gasteiger partial charge in [0, 0.05) is 31.4 Å². The summed E-state index contributed by atoms with van der Waals surface area (Å²) >= 11 is 0. The first-order chi connectivity index (χ1) is 9.98. The van der Waals surface area contributed by atoms with Crippen LogP contribution in [-0.4, -0.2) is 31.6 Å². The van der Waals surface area contributed by atoms with Crippen molar-refractivity contribution in [3.8, 4) is 0 Å². The van der Waals surface area contributed by atoms with Crippen LogP contribution < -0.4 is 10.0 Å². The van der Waals surface area contributed by atoms with Crippen molar-refractivity contribution in [2.75, 3.05) is 12.3 Å². The summed E-state index contributed by atoms with van der Waals surface area (Å²) < 4.78 is 26.1. The van der Waals surface area contributed by atoms with Gasteiger partial charge in [-0.25, -0.2) is 13.1 Å². The van der Waals surface area contributed by atoms with E-state index >= 15 is 0 Å². The summed E-state index contributed by atoms with van der Waals surface area (Å²) in [6.07, 6.45) is 4.76. The van der Waals surface area contributed by atoms with E-state index in [1.807, 2.05) is 13.8 Å². The molecule has 0 aromatic carbocycles. The Labute approximate surface area is 126 Å². The predicted molar refractivity (Wildman–Crippen MR) is 81.9 cm³/mol. The molecular formula is C14H23N3O3S. The molecule has 1 amide bonds. The highest BCUT2D eigenvalue weighted by atomic mass is 32.2. The molecule has 7 heteroatoms. The number of aromatic nitrogens is 1. The molecule has 1 rings (SSSR count). The Balaban J connectivity index is 2.35. The minimum Gasteiger partial charge on any atom is -0.355 e.